The van der Waals surface area contributed by atoms with E-state index in [1.165, 1.54) is 12.8 Å². The number of hydrogen-bond donors (Lipinski definition) is 0. The van der Waals surface area contributed by atoms with E-state index in [-0.39, 0.29) is 5.60 Å². The van der Waals surface area contributed by atoms with Gasteiger partial charge in [0.15, 0.2) is 0 Å². The molecule has 0 saturated heterocycles. The lowest BCUT2D eigenvalue weighted by Crippen LogP contribution is -2.47. The quantitative estimate of drug-likeness (QED) is 0.679. The molecule has 0 N–H and O–H groups in total. The maximum atomic E-state index is 6.11. The fraction of sp³-hybridized carbons (Fsp3) is 1.00. The second kappa shape index (κ2) is 5.30. The third kappa shape index (κ3) is 3.24. The van der Waals surface area contributed by atoms with Crippen LogP contribution in [0.4, 0.5) is 0 Å². The summed E-state index contributed by atoms with van der Waals surface area (Å²) in [4.78, 5) is 0. The van der Waals surface area contributed by atoms with Gasteiger partial charge in [-0.15, -0.1) is 0 Å². The second-order valence-corrected chi connectivity index (χ2v) is 7.23. The lowest BCUT2D eigenvalue weighted by Gasteiger charge is -2.50. The molecule has 17 heavy (non-hydrogen) atoms. The van der Waals surface area contributed by atoms with Crippen LogP contribution in [0, 0.1) is 23.2 Å². The first-order chi connectivity index (χ1) is 7.72. The van der Waals surface area contributed by atoms with Crippen molar-refractivity contribution in [1.82, 2.24) is 0 Å². The summed E-state index contributed by atoms with van der Waals surface area (Å²) in [7, 11) is 0. The van der Waals surface area contributed by atoms with Crippen molar-refractivity contribution in [2.75, 3.05) is 6.61 Å². The van der Waals surface area contributed by atoms with Gasteiger partial charge in [-0.25, -0.2) is 0 Å². The average molecular weight is 240 g/mol. The monoisotopic (exact) mass is 240 g/mol. The van der Waals surface area contributed by atoms with E-state index in [2.05, 4.69) is 48.5 Å². The van der Waals surface area contributed by atoms with Gasteiger partial charge in [0, 0.05) is 6.61 Å². The first-order valence-electron chi connectivity index (χ1n) is 7.36. The molecule has 1 rings (SSSR count). The Morgan fingerprint density at radius 1 is 1.24 bits per heavy atom. The Morgan fingerprint density at radius 2 is 1.82 bits per heavy atom. The van der Waals surface area contributed by atoms with Crippen LogP contribution in [0.25, 0.3) is 0 Å². The SMILES string of the molecule is CCCOC(C)(C)C1CCC(C)(C)C(C)C1C. The van der Waals surface area contributed by atoms with Gasteiger partial charge in [0.05, 0.1) is 5.60 Å². The molecule has 0 aromatic carbocycles. The maximum absolute atomic E-state index is 6.11. The van der Waals surface area contributed by atoms with Crippen molar-refractivity contribution < 1.29 is 4.74 Å². The van der Waals surface area contributed by atoms with Crippen LogP contribution in [-0.2, 0) is 4.74 Å². The van der Waals surface area contributed by atoms with E-state index < -0.39 is 0 Å². The van der Waals surface area contributed by atoms with E-state index >= 15 is 0 Å². The summed E-state index contributed by atoms with van der Waals surface area (Å²) in [5, 5.41) is 0. The molecule has 0 amide bonds. The van der Waals surface area contributed by atoms with Crippen LogP contribution in [0.1, 0.15) is 67.7 Å². The molecular formula is C16H32O. The highest BCUT2D eigenvalue weighted by molar-refractivity contribution is 4.94. The van der Waals surface area contributed by atoms with Gasteiger partial charge in [0.25, 0.3) is 0 Å². The highest BCUT2D eigenvalue weighted by atomic mass is 16.5. The standard InChI is InChI=1S/C16H32O/c1-8-11-17-16(6,7)14-9-10-15(4,5)13(3)12(14)2/h12-14H,8-11H2,1-7H3. The first kappa shape index (κ1) is 15.0. The zero-order valence-corrected chi connectivity index (χ0v) is 13.0. The van der Waals surface area contributed by atoms with Crippen LogP contribution >= 0.6 is 0 Å². The van der Waals surface area contributed by atoms with Gasteiger partial charge in [-0.1, -0.05) is 34.6 Å². The molecule has 0 aliphatic heterocycles. The summed E-state index contributed by atoms with van der Waals surface area (Å²) in [5.74, 6) is 2.24. The summed E-state index contributed by atoms with van der Waals surface area (Å²) in [6, 6.07) is 0. The third-order valence-corrected chi connectivity index (χ3v) is 5.33. The van der Waals surface area contributed by atoms with E-state index in [1.807, 2.05) is 0 Å². The molecule has 3 atom stereocenters. The average Bonchev–Trinajstić information content (AvgIpc) is 2.23. The van der Waals surface area contributed by atoms with Gasteiger partial charge < -0.3 is 4.74 Å². The van der Waals surface area contributed by atoms with Crippen molar-refractivity contribution in [3.05, 3.63) is 0 Å². The predicted molar refractivity (Wildman–Crippen MR) is 75.2 cm³/mol. The number of hydrogen-bond acceptors (Lipinski definition) is 1. The van der Waals surface area contributed by atoms with Crippen molar-refractivity contribution in [2.45, 2.75) is 73.3 Å². The summed E-state index contributed by atoms with van der Waals surface area (Å²) >= 11 is 0. The van der Waals surface area contributed by atoms with Gasteiger partial charge in [-0.05, 0) is 56.3 Å². The molecule has 0 aromatic heterocycles. The predicted octanol–water partition coefficient (Wildman–Crippen LogP) is 4.90. The Kier molecular flexibility index (Phi) is 4.68. The zero-order valence-electron chi connectivity index (χ0n) is 13.0. The summed E-state index contributed by atoms with van der Waals surface area (Å²) < 4.78 is 6.11. The van der Waals surface area contributed by atoms with Crippen LogP contribution in [0.15, 0.2) is 0 Å². The van der Waals surface area contributed by atoms with Crippen molar-refractivity contribution in [1.29, 1.82) is 0 Å². The van der Waals surface area contributed by atoms with Gasteiger partial charge in [0.1, 0.15) is 0 Å². The maximum Gasteiger partial charge on any atom is 0.0657 e. The van der Waals surface area contributed by atoms with Crippen molar-refractivity contribution in [3.8, 4) is 0 Å². The lowest BCUT2D eigenvalue weighted by atomic mass is 9.58. The van der Waals surface area contributed by atoms with Crippen LogP contribution < -0.4 is 0 Å². The smallest absolute Gasteiger partial charge is 0.0657 e. The molecule has 102 valence electrons. The molecule has 1 aliphatic carbocycles. The van der Waals surface area contributed by atoms with E-state index in [9.17, 15) is 0 Å². The number of ether oxygens (including phenoxy) is 1. The molecule has 1 fully saturated rings. The molecule has 0 bridgehead atoms. The Bertz CT molecular complexity index is 242. The minimum Gasteiger partial charge on any atom is -0.375 e. The van der Waals surface area contributed by atoms with Crippen LogP contribution in [0.3, 0.4) is 0 Å². The Morgan fingerprint density at radius 3 is 2.35 bits per heavy atom. The molecule has 3 unspecified atom stereocenters. The van der Waals surface area contributed by atoms with E-state index in [4.69, 9.17) is 4.74 Å². The largest absolute Gasteiger partial charge is 0.375 e. The number of rotatable bonds is 4. The second-order valence-electron chi connectivity index (χ2n) is 7.23. The Balaban J connectivity index is 2.73. The van der Waals surface area contributed by atoms with Crippen LogP contribution in [-0.4, -0.2) is 12.2 Å². The van der Waals surface area contributed by atoms with Gasteiger partial charge in [0.2, 0.25) is 0 Å². The minimum absolute atomic E-state index is 0.0419. The molecule has 0 radical (unpaired) electrons. The van der Waals surface area contributed by atoms with Gasteiger partial charge in [-0.2, -0.15) is 0 Å². The summed E-state index contributed by atoms with van der Waals surface area (Å²) in [6.45, 7) is 17.3. The third-order valence-electron chi connectivity index (χ3n) is 5.33. The van der Waals surface area contributed by atoms with E-state index in [0.29, 0.717) is 11.3 Å². The Labute approximate surface area is 108 Å². The van der Waals surface area contributed by atoms with Crippen molar-refractivity contribution in [2.24, 2.45) is 23.2 Å². The van der Waals surface area contributed by atoms with E-state index in [0.717, 1.165) is 24.9 Å². The fourth-order valence-corrected chi connectivity index (χ4v) is 3.53. The highest BCUT2D eigenvalue weighted by Gasteiger charge is 2.45. The molecule has 0 aromatic rings. The highest BCUT2D eigenvalue weighted by Crippen LogP contribution is 2.50. The minimum atomic E-state index is 0.0419. The molecule has 0 heterocycles. The first-order valence-corrected chi connectivity index (χ1v) is 7.36. The molecule has 1 heteroatoms. The zero-order chi connectivity index (χ0) is 13.3. The van der Waals surface area contributed by atoms with Crippen LogP contribution in [0.5, 0.6) is 0 Å². The molecule has 1 saturated carbocycles. The van der Waals surface area contributed by atoms with Crippen molar-refractivity contribution in [3.63, 3.8) is 0 Å². The van der Waals surface area contributed by atoms with Gasteiger partial charge in [-0.3, -0.25) is 0 Å². The molecular weight excluding hydrogens is 208 g/mol. The van der Waals surface area contributed by atoms with Crippen molar-refractivity contribution >= 4 is 0 Å². The summed E-state index contributed by atoms with van der Waals surface area (Å²) in [6.07, 6.45) is 3.77. The molecule has 0 spiro atoms. The molecule has 1 aliphatic rings. The topological polar surface area (TPSA) is 9.23 Å². The Hall–Kier alpha value is -0.0400. The van der Waals surface area contributed by atoms with Crippen LogP contribution in [0.2, 0.25) is 0 Å². The van der Waals surface area contributed by atoms with E-state index in [1.54, 1.807) is 0 Å². The lowest BCUT2D eigenvalue weighted by molar-refractivity contribution is -0.111. The fourth-order valence-electron chi connectivity index (χ4n) is 3.53. The molecule has 1 nitrogen and oxygen atoms in total. The van der Waals surface area contributed by atoms with Gasteiger partial charge >= 0.3 is 0 Å². The summed E-state index contributed by atoms with van der Waals surface area (Å²) in [5.41, 5.74) is 0.539. The normalized spacial score (nSPS) is 33.7.